The third-order valence-electron chi connectivity index (χ3n) is 12.8. The lowest BCUT2D eigenvalue weighted by Gasteiger charge is -2.40. The van der Waals surface area contributed by atoms with Crippen LogP contribution in [-0.4, -0.2) is 11.3 Å². The molecule has 13 rings (SSSR count). The van der Waals surface area contributed by atoms with E-state index < -0.39 is 0 Å². The van der Waals surface area contributed by atoms with E-state index in [4.69, 9.17) is 4.74 Å². The van der Waals surface area contributed by atoms with E-state index in [1.165, 1.54) is 49.0 Å². The second kappa shape index (κ2) is 13.3. The van der Waals surface area contributed by atoms with Crippen LogP contribution in [0.5, 0.6) is 11.5 Å². The molecule has 0 saturated heterocycles. The van der Waals surface area contributed by atoms with Gasteiger partial charge in [-0.2, -0.15) is 0 Å². The number of benzene rings is 10. The van der Waals surface area contributed by atoms with Gasteiger partial charge in [-0.1, -0.05) is 133 Å². The predicted octanol–water partition coefficient (Wildman–Crippen LogP) is 13.0. The standard InChI is InChI=1S/C56H36BN3O/c1-4-19-39(20-5-1)58(48-27-14-18-37-16-10-12-25-43(37)48)42-31-32-45-46-35-54-47(36-52(46)60(51(45)34-42)41-23-8-3-9-24-41)57-55-44-26-13-11-17-38(44)30-33-50(55)59(40-21-6-2-7-22-40)49-28-15-29-53(61-54)56(49)57/h1-36H. The maximum absolute atomic E-state index is 7.08. The van der Waals surface area contributed by atoms with Crippen LogP contribution in [-0.2, 0) is 0 Å². The van der Waals surface area contributed by atoms with Crippen LogP contribution < -0.4 is 30.9 Å². The molecule has 2 aliphatic heterocycles. The highest BCUT2D eigenvalue weighted by Crippen LogP contribution is 2.45. The first-order valence-electron chi connectivity index (χ1n) is 21.0. The molecular formula is C56H36BN3O. The molecule has 4 nitrogen and oxygen atoms in total. The summed E-state index contributed by atoms with van der Waals surface area (Å²) in [6.07, 6.45) is 0. The van der Waals surface area contributed by atoms with Crippen LogP contribution in [0.4, 0.5) is 34.1 Å². The number of nitrogens with zero attached hydrogens (tertiary/aromatic N) is 3. The highest BCUT2D eigenvalue weighted by Gasteiger charge is 2.43. The third kappa shape index (κ3) is 5.07. The Labute approximate surface area is 353 Å². The fourth-order valence-electron chi connectivity index (χ4n) is 10.2. The van der Waals surface area contributed by atoms with E-state index in [0.29, 0.717) is 0 Å². The molecule has 0 unspecified atom stereocenters. The molecule has 3 heterocycles. The van der Waals surface area contributed by atoms with Crippen LogP contribution >= 0.6 is 0 Å². The van der Waals surface area contributed by atoms with E-state index in [2.05, 4.69) is 233 Å². The number of anilines is 6. The maximum atomic E-state index is 7.08. The monoisotopic (exact) mass is 777 g/mol. The fourth-order valence-corrected chi connectivity index (χ4v) is 10.2. The van der Waals surface area contributed by atoms with Crippen molar-refractivity contribution in [3.8, 4) is 17.2 Å². The van der Waals surface area contributed by atoms with Crippen molar-refractivity contribution >= 4 is 101 Å². The highest BCUT2D eigenvalue weighted by atomic mass is 16.5. The molecule has 0 fully saturated rings. The molecule has 0 amide bonds. The van der Waals surface area contributed by atoms with Crippen LogP contribution in [0.25, 0.3) is 49.0 Å². The summed E-state index contributed by atoms with van der Waals surface area (Å²) < 4.78 is 9.53. The minimum absolute atomic E-state index is 0.0573. The number of fused-ring (bicyclic) bond motifs is 10. The molecule has 0 N–H and O–H groups in total. The van der Waals surface area contributed by atoms with Gasteiger partial charge in [-0.05, 0) is 117 Å². The summed E-state index contributed by atoms with van der Waals surface area (Å²) in [5.41, 5.74) is 13.8. The summed E-state index contributed by atoms with van der Waals surface area (Å²) in [6.45, 7) is -0.0573. The Bertz CT molecular complexity index is 3520. The maximum Gasteiger partial charge on any atom is 0.257 e. The largest absolute Gasteiger partial charge is 0.458 e. The number of para-hydroxylation sites is 3. The molecule has 0 atom stereocenters. The first-order valence-corrected chi connectivity index (χ1v) is 21.0. The third-order valence-corrected chi connectivity index (χ3v) is 12.8. The number of hydrogen-bond donors (Lipinski definition) is 0. The summed E-state index contributed by atoms with van der Waals surface area (Å²) in [6, 6.07) is 79.1. The van der Waals surface area contributed by atoms with E-state index in [1.54, 1.807) is 0 Å². The summed E-state index contributed by atoms with van der Waals surface area (Å²) in [4.78, 5) is 4.81. The molecule has 0 radical (unpaired) electrons. The number of hydrogen-bond acceptors (Lipinski definition) is 3. The number of rotatable bonds is 5. The zero-order chi connectivity index (χ0) is 40.0. The van der Waals surface area contributed by atoms with Gasteiger partial charge in [0, 0.05) is 50.3 Å². The molecule has 5 heteroatoms. The lowest BCUT2D eigenvalue weighted by atomic mass is 9.33. The molecule has 11 aromatic rings. The molecule has 0 bridgehead atoms. The Hall–Kier alpha value is -8.02. The van der Waals surface area contributed by atoms with E-state index in [0.717, 1.165) is 62.0 Å². The first-order chi connectivity index (χ1) is 30.3. The molecule has 0 saturated carbocycles. The quantitative estimate of drug-likeness (QED) is 0.162. The van der Waals surface area contributed by atoms with Gasteiger partial charge in [0.05, 0.1) is 16.7 Å². The average Bonchev–Trinajstić information content (AvgIpc) is 3.64. The van der Waals surface area contributed by atoms with Crippen molar-refractivity contribution in [1.29, 1.82) is 0 Å². The smallest absolute Gasteiger partial charge is 0.257 e. The zero-order valence-corrected chi connectivity index (χ0v) is 33.1. The van der Waals surface area contributed by atoms with Crippen LogP contribution in [0, 0.1) is 0 Å². The SMILES string of the molecule is c1ccc(N2c3cccc4c3B(c3cc5c(cc3O4)c3ccc(N(c4ccccc4)c4cccc6ccccc46)cc3n5-c3ccccc3)c3c2ccc2ccccc32)cc1. The topological polar surface area (TPSA) is 20.6 Å². The lowest BCUT2D eigenvalue weighted by Crippen LogP contribution is -2.59. The van der Waals surface area contributed by atoms with Gasteiger partial charge in [0.15, 0.2) is 0 Å². The normalized spacial score (nSPS) is 12.7. The zero-order valence-electron chi connectivity index (χ0n) is 33.1. The average molecular weight is 778 g/mol. The van der Waals surface area contributed by atoms with E-state index >= 15 is 0 Å². The van der Waals surface area contributed by atoms with Crippen LogP contribution in [0.1, 0.15) is 0 Å². The molecule has 284 valence electrons. The number of aromatic nitrogens is 1. The van der Waals surface area contributed by atoms with Crippen LogP contribution in [0.2, 0.25) is 0 Å². The molecular weight excluding hydrogens is 741 g/mol. The van der Waals surface area contributed by atoms with Crippen molar-refractivity contribution in [3.63, 3.8) is 0 Å². The minimum atomic E-state index is -0.0573. The van der Waals surface area contributed by atoms with Gasteiger partial charge in [-0.3, -0.25) is 0 Å². The van der Waals surface area contributed by atoms with Crippen molar-refractivity contribution in [1.82, 2.24) is 4.57 Å². The second-order valence-electron chi connectivity index (χ2n) is 16.1. The molecule has 2 aliphatic rings. The Kier molecular flexibility index (Phi) is 7.37. The van der Waals surface area contributed by atoms with Gasteiger partial charge < -0.3 is 19.1 Å². The molecule has 61 heavy (non-hydrogen) atoms. The summed E-state index contributed by atoms with van der Waals surface area (Å²) in [7, 11) is 0. The minimum Gasteiger partial charge on any atom is -0.458 e. The summed E-state index contributed by atoms with van der Waals surface area (Å²) in [5, 5.41) is 7.21. The van der Waals surface area contributed by atoms with Crippen molar-refractivity contribution in [2.75, 3.05) is 9.80 Å². The van der Waals surface area contributed by atoms with E-state index in [9.17, 15) is 0 Å². The Morgan fingerprint density at radius 2 is 1.03 bits per heavy atom. The van der Waals surface area contributed by atoms with Crippen molar-refractivity contribution in [2.24, 2.45) is 0 Å². The van der Waals surface area contributed by atoms with E-state index in [-0.39, 0.29) is 6.71 Å². The van der Waals surface area contributed by atoms with Gasteiger partial charge in [-0.15, -0.1) is 0 Å². The second-order valence-corrected chi connectivity index (χ2v) is 16.1. The lowest BCUT2D eigenvalue weighted by molar-refractivity contribution is 0.488. The Balaban J connectivity index is 1.09. The van der Waals surface area contributed by atoms with Crippen LogP contribution in [0.3, 0.4) is 0 Å². The van der Waals surface area contributed by atoms with Gasteiger partial charge >= 0.3 is 0 Å². The predicted molar refractivity (Wildman–Crippen MR) is 256 cm³/mol. The molecule has 1 aromatic heterocycles. The first kappa shape index (κ1) is 33.9. The van der Waals surface area contributed by atoms with Crippen LogP contribution in [0.15, 0.2) is 218 Å². The molecule has 0 aliphatic carbocycles. The van der Waals surface area contributed by atoms with E-state index in [1.807, 2.05) is 0 Å². The van der Waals surface area contributed by atoms with Crippen molar-refractivity contribution in [2.45, 2.75) is 0 Å². The Morgan fingerprint density at radius 3 is 1.84 bits per heavy atom. The summed E-state index contributed by atoms with van der Waals surface area (Å²) >= 11 is 0. The van der Waals surface area contributed by atoms with Gasteiger partial charge in [0.1, 0.15) is 11.5 Å². The number of ether oxygens (including phenoxy) is 1. The fraction of sp³-hybridized carbons (Fsp3) is 0. The Morgan fingerprint density at radius 1 is 0.393 bits per heavy atom. The molecule has 0 spiro atoms. The van der Waals surface area contributed by atoms with Gasteiger partial charge in [-0.25, -0.2) is 0 Å². The van der Waals surface area contributed by atoms with Crippen molar-refractivity contribution < 1.29 is 4.74 Å². The van der Waals surface area contributed by atoms with Gasteiger partial charge in [0.25, 0.3) is 6.71 Å². The summed E-state index contributed by atoms with van der Waals surface area (Å²) in [5.74, 6) is 1.79. The molecule has 10 aromatic carbocycles. The van der Waals surface area contributed by atoms with Gasteiger partial charge in [0.2, 0.25) is 0 Å². The van der Waals surface area contributed by atoms with Crippen molar-refractivity contribution in [3.05, 3.63) is 218 Å². The highest BCUT2D eigenvalue weighted by molar-refractivity contribution is 7.00.